The number of rotatable bonds is 2. The molecule has 0 radical (unpaired) electrons. The van der Waals surface area contributed by atoms with Crippen molar-refractivity contribution in [2.24, 2.45) is 0 Å². The molecule has 1 aromatic carbocycles. The molecule has 1 rings (SSSR count). The summed E-state index contributed by atoms with van der Waals surface area (Å²) in [5.74, 6) is 0. The molecule has 0 spiro atoms. The quantitative estimate of drug-likeness (QED) is 0.593. The van der Waals surface area contributed by atoms with Crippen LogP contribution >= 0.6 is 13.6 Å². The van der Waals surface area contributed by atoms with Gasteiger partial charge >= 0.3 is 30.0 Å². The third kappa shape index (κ3) is 5.87. The van der Waals surface area contributed by atoms with Gasteiger partial charge in [0.1, 0.15) is 0 Å². The standard InChI is InChI=1S/C9H12N.BrH.Zn/c1-10(2)8-9-6-4-3-5-7-9;;/h4-7H,8H2,1-2H3;1H;/q-1;;+2/p-1. The molecule has 0 atom stereocenters. The molecule has 0 saturated heterocycles. The summed E-state index contributed by atoms with van der Waals surface area (Å²) in [4.78, 5) is 2.15. The summed E-state index contributed by atoms with van der Waals surface area (Å²) in [6.07, 6.45) is 0. The minimum atomic E-state index is 1.01. The summed E-state index contributed by atoms with van der Waals surface area (Å²) >= 11 is 4.25. The normalized spacial score (nSPS) is 9.17. The fourth-order valence-electron chi connectivity index (χ4n) is 0.892. The van der Waals surface area contributed by atoms with Crippen LogP contribution in [0.3, 0.4) is 0 Å². The van der Waals surface area contributed by atoms with E-state index in [0.29, 0.717) is 0 Å². The Morgan fingerprint density at radius 2 is 1.83 bits per heavy atom. The Hall–Kier alpha value is 0.283. The number of benzene rings is 1. The third-order valence-corrected chi connectivity index (χ3v) is 1.29. The number of hydrogen-bond acceptors (Lipinski definition) is 1. The van der Waals surface area contributed by atoms with Crippen molar-refractivity contribution in [3.8, 4) is 0 Å². The van der Waals surface area contributed by atoms with Gasteiger partial charge in [-0.25, -0.2) is 0 Å². The summed E-state index contributed by atoms with van der Waals surface area (Å²) < 4.78 is 0. The predicted octanol–water partition coefficient (Wildman–Crippen LogP) is 2.39. The first-order chi connectivity index (χ1) is 5.79. The average Bonchev–Trinajstić information content (AvgIpc) is 2.08. The second-order valence-electron chi connectivity index (χ2n) is 2.65. The Kier molecular flexibility index (Phi) is 8.09. The van der Waals surface area contributed by atoms with Gasteiger partial charge in [0.15, 0.2) is 0 Å². The predicted molar refractivity (Wildman–Crippen MR) is 51.6 cm³/mol. The molecule has 0 unspecified atom stereocenters. The first kappa shape index (κ1) is 12.3. The van der Waals surface area contributed by atoms with Crippen LogP contribution in [-0.2, 0) is 22.9 Å². The molecular formula is C9H12BrNZn. The van der Waals surface area contributed by atoms with Crippen LogP contribution in [0.4, 0.5) is 0 Å². The van der Waals surface area contributed by atoms with Crippen LogP contribution in [-0.4, -0.2) is 19.0 Å². The molecule has 0 aliphatic heterocycles. The first-order valence-electron chi connectivity index (χ1n) is 3.65. The van der Waals surface area contributed by atoms with Crippen molar-refractivity contribution in [2.75, 3.05) is 14.1 Å². The first-order valence-corrected chi connectivity index (χ1v) is 10.6. The van der Waals surface area contributed by atoms with Gasteiger partial charge in [0.2, 0.25) is 0 Å². The van der Waals surface area contributed by atoms with Crippen LogP contribution < -0.4 is 0 Å². The fraction of sp³-hybridized carbons (Fsp3) is 0.333. The summed E-state index contributed by atoms with van der Waals surface area (Å²) in [7, 11) is 4.13. The van der Waals surface area contributed by atoms with E-state index in [0.717, 1.165) is 6.54 Å². The van der Waals surface area contributed by atoms with E-state index in [1.165, 1.54) is 21.9 Å². The maximum atomic E-state index is 3.06. The van der Waals surface area contributed by atoms with Crippen molar-refractivity contribution >= 4 is 13.6 Å². The molecule has 1 nitrogen and oxygen atoms in total. The van der Waals surface area contributed by atoms with Gasteiger partial charge in [-0.2, -0.15) is 30.3 Å². The molecule has 0 heterocycles. The molecule has 0 aliphatic rings. The van der Waals surface area contributed by atoms with Gasteiger partial charge in [0, 0.05) is 6.54 Å². The summed E-state index contributed by atoms with van der Waals surface area (Å²) in [5.41, 5.74) is 1.34. The molecule has 0 amide bonds. The van der Waals surface area contributed by atoms with E-state index in [4.69, 9.17) is 0 Å². The van der Waals surface area contributed by atoms with Gasteiger partial charge in [-0.3, -0.25) is 0 Å². The number of hydrogen-bond donors (Lipinski definition) is 0. The second-order valence-corrected chi connectivity index (χ2v) is 2.65. The van der Waals surface area contributed by atoms with Crippen molar-refractivity contribution < 1.29 is 16.3 Å². The summed E-state index contributed by atoms with van der Waals surface area (Å²) in [6, 6.07) is 11.0. The molecule has 12 heavy (non-hydrogen) atoms. The molecule has 0 N–H and O–H groups in total. The molecule has 0 aromatic heterocycles. The third-order valence-electron chi connectivity index (χ3n) is 1.29. The molecule has 0 fully saturated rings. The minimum absolute atomic E-state index is 1.01. The fourth-order valence-corrected chi connectivity index (χ4v) is 0.892. The molecule has 0 bridgehead atoms. The Bertz CT molecular complexity index is 189. The Balaban J connectivity index is 0.000000561. The van der Waals surface area contributed by atoms with Crippen LogP contribution in [0, 0.1) is 6.07 Å². The van der Waals surface area contributed by atoms with Gasteiger partial charge in [0.05, 0.1) is 0 Å². The van der Waals surface area contributed by atoms with Crippen LogP contribution in [0.15, 0.2) is 24.3 Å². The zero-order valence-corrected chi connectivity index (χ0v) is 12.1. The van der Waals surface area contributed by atoms with Crippen molar-refractivity contribution in [2.45, 2.75) is 6.54 Å². The van der Waals surface area contributed by atoms with E-state index >= 15 is 0 Å². The van der Waals surface area contributed by atoms with Gasteiger partial charge < -0.3 is 4.90 Å². The van der Waals surface area contributed by atoms with Crippen LogP contribution in [0.2, 0.25) is 0 Å². The summed E-state index contributed by atoms with van der Waals surface area (Å²) in [5, 5.41) is 0. The molecule has 0 saturated carbocycles. The molecule has 0 aliphatic carbocycles. The van der Waals surface area contributed by atoms with Crippen LogP contribution in [0.1, 0.15) is 5.56 Å². The van der Waals surface area contributed by atoms with Crippen molar-refractivity contribution in [1.29, 1.82) is 0 Å². The van der Waals surface area contributed by atoms with Crippen molar-refractivity contribution in [1.82, 2.24) is 4.90 Å². The van der Waals surface area contributed by atoms with E-state index in [9.17, 15) is 0 Å². The SMILES string of the molecule is CN(C)Cc1cc[c-]cc1.[Zn+][Br]. The van der Waals surface area contributed by atoms with E-state index in [-0.39, 0.29) is 0 Å². The van der Waals surface area contributed by atoms with Crippen molar-refractivity contribution in [3.63, 3.8) is 0 Å². The molecule has 1 aromatic rings. The molecule has 3 heteroatoms. The average molecular weight is 279 g/mol. The topological polar surface area (TPSA) is 3.24 Å². The van der Waals surface area contributed by atoms with Gasteiger partial charge in [0.25, 0.3) is 0 Å². The Morgan fingerprint density at radius 3 is 2.25 bits per heavy atom. The van der Waals surface area contributed by atoms with Crippen molar-refractivity contribution in [3.05, 3.63) is 35.9 Å². The maximum absolute atomic E-state index is 3.06. The number of nitrogens with zero attached hydrogens (tertiary/aromatic N) is 1. The van der Waals surface area contributed by atoms with Gasteiger partial charge in [-0.15, -0.1) is 5.56 Å². The Morgan fingerprint density at radius 1 is 1.33 bits per heavy atom. The Labute approximate surface area is 91.2 Å². The monoisotopic (exact) mass is 277 g/mol. The van der Waals surface area contributed by atoms with Crippen LogP contribution in [0.25, 0.3) is 0 Å². The number of halogens is 1. The molecular weight excluding hydrogens is 267 g/mol. The van der Waals surface area contributed by atoms with Crippen LogP contribution in [0.5, 0.6) is 0 Å². The van der Waals surface area contributed by atoms with E-state index in [1.54, 1.807) is 0 Å². The van der Waals surface area contributed by atoms with Gasteiger partial charge in [-0.1, -0.05) is 0 Å². The van der Waals surface area contributed by atoms with E-state index < -0.39 is 0 Å². The second kappa shape index (κ2) is 7.91. The zero-order chi connectivity index (χ0) is 9.40. The van der Waals surface area contributed by atoms with Gasteiger partial charge in [-0.05, 0) is 14.1 Å². The van der Waals surface area contributed by atoms with E-state index in [2.05, 4.69) is 50.8 Å². The van der Waals surface area contributed by atoms with E-state index in [1.807, 2.05) is 12.1 Å². The molecule has 62 valence electrons. The zero-order valence-electron chi connectivity index (χ0n) is 7.55. The summed E-state index contributed by atoms with van der Waals surface area (Å²) in [6.45, 7) is 1.01.